The summed E-state index contributed by atoms with van der Waals surface area (Å²) in [6.07, 6.45) is 11.7. The van der Waals surface area contributed by atoms with E-state index in [1.165, 1.54) is 64.5 Å². The first-order valence-corrected chi connectivity index (χ1v) is 7.94. The summed E-state index contributed by atoms with van der Waals surface area (Å²) >= 11 is 0. The van der Waals surface area contributed by atoms with Crippen molar-refractivity contribution >= 4 is 0 Å². The van der Waals surface area contributed by atoms with Crippen LogP contribution in [0.25, 0.3) is 0 Å². The standard InChI is InChI=1S/C16H33N/c1-4-5-6-7-8-9-15-10-11-16(15)13-17-12-14(2)3/h14-17H,4-13H2,1-3H3. The second-order valence-corrected chi connectivity index (χ2v) is 6.35. The SMILES string of the molecule is CCCCCCCC1CCC1CNCC(C)C. The highest BCUT2D eigenvalue weighted by Gasteiger charge is 2.29. The van der Waals surface area contributed by atoms with E-state index in [0.717, 1.165) is 17.8 Å². The topological polar surface area (TPSA) is 12.0 Å². The van der Waals surface area contributed by atoms with Gasteiger partial charge in [0.15, 0.2) is 0 Å². The summed E-state index contributed by atoms with van der Waals surface area (Å²) in [6, 6.07) is 0. The van der Waals surface area contributed by atoms with Crippen LogP contribution in [-0.4, -0.2) is 13.1 Å². The van der Waals surface area contributed by atoms with Gasteiger partial charge in [0, 0.05) is 0 Å². The highest BCUT2D eigenvalue weighted by atomic mass is 14.9. The summed E-state index contributed by atoms with van der Waals surface area (Å²) in [7, 11) is 0. The molecule has 1 aliphatic rings. The molecular weight excluding hydrogens is 206 g/mol. The maximum atomic E-state index is 3.63. The maximum absolute atomic E-state index is 3.63. The average Bonchev–Trinajstić information content (AvgIpc) is 2.27. The second kappa shape index (κ2) is 8.97. The van der Waals surface area contributed by atoms with Crippen molar-refractivity contribution in [3.63, 3.8) is 0 Å². The number of unbranched alkanes of at least 4 members (excludes halogenated alkanes) is 4. The summed E-state index contributed by atoms with van der Waals surface area (Å²) < 4.78 is 0. The summed E-state index contributed by atoms with van der Waals surface area (Å²) in [5, 5.41) is 3.63. The molecule has 0 amide bonds. The summed E-state index contributed by atoms with van der Waals surface area (Å²) in [5.41, 5.74) is 0. The molecule has 1 saturated carbocycles. The number of hydrogen-bond donors (Lipinski definition) is 1. The minimum atomic E-state index is 0.794. The fourth-order valence-electron chi connectivity index (χ4n) is 2.85. The van der Waals surface area contributed by atoms with E-state index < -0.39 is 0 Å². The average molecular weight is 239 g/mol. The van der Waals surface area contributed by atoms with Gasteiger partial charge < -0.3 is 5.32 Å². The van der Waals surface area contributed by atoms with Crippen molar-refractivity contribution in [1.82, 2.24) is 5.32 Å². The van der Waals surface area contributed by atoms with Gasteiger partial charge in [-0.05, 0) is 43.7 Å². The summed E-state index contributed by atoms with van der Waals surface area (Å²) in [4.78, 5) is 0. The second-order valence-electron chi connectivity index (χ2n) is 6.35. The Morgan fingerprint density at radius 1 is 1.00 bits per heavy atom. The van der Waals surface area contributed by atoms with Gasteiger partial charge in [-0.3, -0.25) is 0 Å². The Labute approximate surface area is 109 Å². The molecule has 0 saturated heterocycles. The first-order valence-electron chi connectivity index (χ1n) is 7.94. The smallest absolute Gasteiger partial charge is 0.00178 e. The molecule has 1 aliphatic carbocycles. The molecule has 1 rings (SSSR count). The minimum Gasteiger partial charge on any atom is -0.316 e. The third kappa shape index (κ3) is 6.45. The van der Waals surface area contributed by atoms with Crippen LogP contribution >= 0.6 is 0 Å². The fraction of sp³-hybridized carbons (Fsp3) is 1.00. The first kappa shape index (κ1) is 15.0. The Morgan fingerprint density at radius 3 is 2.29 bits per heavy atom. The molecule has 0 aliphatic heterocycles. The Morgan fingerprint density at radius 2 is 1.71 bits per heavy atom. The Kier molecular flexibility index (Phi) is 7.92. The van der Waals surface area contributed by atoms with Crippen molar-refractivity contribution < 1.29 is 0 Å². The fourth-order valence-corrected chi connectivity index (χ4v) is 2.85. The normalized spacial score (nSPS) is 24.0. The van der Waals surface area contributed by atoms with Crippen molar-refractivity contribution in [2.45, 2.75) is 72.1 Å². The zero-order chi connectivity index (χ0) is 12.5. The molecule has 0 aromatic carbocycles. The zero-order valence-electron chi connectivity index (χ0n) is 12.3. The van der Waals surface area contributed by atoms with E-state index in [9.17, 15) is 0 Å². The highest BCUT2D eigenvalue weighted by Crippen LogP contribution is 2.37. The Bertz CT molecular complexity index is 176. The van der Waals surface area contributed by atoms with Gasteiger partial charge in [0.05, 0.1) is 0 Å². The van der Waals surface area contributed by atoms with E-state index in [1.807, 2.05) is 0 Å². The maximum Gasteiger partial charge on any atom is -0.00178 e. The summed E-state index contributed by atoms with van der Waals surface area (Å²) in [6.45, 7) is 9.35. The van der Waals surface area contributed by atoms with E-state index in [0.29, 0.717) is 0 Å². The third-order valence-corrected chi connectivity index (χ3v) is 4.21. The predicted octanol–water partition coefficient (Wildman–Crippen LogP) is 4.62. The van der Waals surface area contributed by atoms with Gasteiger partial charge in [0.25, 0.3) is 0 Å². The van der Waals surface area contributed by atoms with Crippen LogP contribution in [0.3, 0.4) is 0 Å². The third-order valence-electron chi connectivity index (χ3n) is 4.21. The number of nitrogens with one attached hydrogen (secondary N) is 1. The lowest BCUT2D eigenvalue weighted by atomic mass is 9.71. The van der Waals surface area contributed by atoms with Gasteiger partial charge in [-0.1, -0.05) is 59.3 Å². The van der Waals surface area contributed by atoms with E-state index in [2.05, 4.69) is 26.1 Å². The van der Waals surface area contributed by atoms with Gasteiger partial charge in [-0.15, -0.1) is 0 Å². The minimum absolute atomic E-state index is 0.794. The van der Waals surface area contributed by atoms with Gasteiger partial charge in [0.1, 0.15) is 0 Å². The summed E-state index contributed by atoms with van der Waals surface area (Å²) in [5.74, 6) is 2.85. The molecule has 1 N–H and O–H groups in total. The van der Waals surface area contributed by atoms with Crippen LogP contribution in [0, 0.1) is 17.8 Å². The number of rotatable bonds is 10. The van der Waals surface area contributed by atoms with Crippen LogP contribution < -0.4 is 5.32 Å². The van der Waals surface area contributed by atoms with Crippen molar-refractivity contribution in [3.8, 4) is 0 Å². The van der Waals surface area contributed by atoms with Gasteiger partial charge in [0.2, 0.25) is 0 Å². The van der Waals surface area contributed by atoms with Crippen molar-refractivity contribution in [2.75, 3.05) is 13.1 Å². The molecule has 0 aromatic rings. The monoisotopic (exact) mass is 239 g/mol. The van der Waals surface area contributed by atoms with Crippen LogP contribution in [-0.2, 0) is 0 Å². The van der Waals surface area contributed by atoms with Crippen LogP contribution in [0.1, 0.15) is 72.1 Å². The Hall–Kier alpha value is -0.0400. The molecule has 1 heteroatoms. The molecule has 102 valence electrons. The predicted molar refractivity (Wildman–Crippen MR) is 77.3 cm³/mol. The van der Waals surface area contributed by atoms with Crippen molar-refractivity contribution in [3.05, 3.63) is 0 Å². The molecular formula is C16H33N. The molecule has 1 nitrogen and oxygen atoms in total. The molecule has 0 radical (unpaired) electrons. The van der Waals surface area contributed by atoms with Crippen molar-refractivity contribution in [2.24, 2.45) is 17.8 Å². The van der Waals surface area contributed by atoms with Crippen LogP contribution in [0.15, 0.2) is 0 Å². The molecule has 1 fully saturated rings. The van der Waals surface area contributed by atoms with Gasteiger partial charge in [-0.2, -0.15) is 0 Å². The lowest BCUT2D eigenvalue weighted by Crippen LogP contribution is -2.36. The highest BCUT2D eigenvalue weighted by molar-refractivity contribution is 4.82. The van der Waals surface area contributed by atoms with E-state index in [1.54, 1.807) is 0 Å². The van der Waals surface area contributed by atoms with E-state index in [-0.39, 0.29) is 0 Å². The Balaban J connectivity index is 1.94. The van der Waals surface area contributed by atoms with Crippen LogP contribution in [0.4, 0.5) is 0 Å². The zero-order valence-corrected chi connectivity index (χ0v) is 12.3. The molecule has 2 unspecified atom stereocenters. The first-order chi connectivity index (χ1) is 8.24. The molecule has 2 atom stereocenters. The largest absolute Gasteiger partial charge is 0.316 e. The van der Waals surface area contributed by atoms with Crippen LogP contribution in [0.2, 0.25) is 0 Å². The van der Waals surface area contributed by atoms with Crippen molar-refractivity contribution in [1.29, 1.82) is 0 Å². The molecule has 0 aromatic heterocycles. The molecule has 0 heterocycles. The molecule has 17 heavy (non-hydrogen) atoms. The van der Waals surface area contributed by atoms with E-state index in [4.69, 9.17) is 0 Å². The van der Waals surface area contributed by atoms with Gasteiger partial charge in [-0.25, -0.2) is 0 Å². The van der Waals surface area contributed by atoms with Gasteiger partial charge >= 0.3 is 0 Å². The quantitative estimate of drug-likeness (QED) is 0.549. The van der Waals surface area contributed by atoms with E-state index >= 15 is 0 Å². The molecule has 0 bridgehead atoms. The number of hydrogen-bond acceptors (Lipinski definition) is 1. The molecule has 0 spiro atoms. The lowest BCUT2D eigenvalue weighted by Gasteiger charge is -2.37. The van der Waals surface area contributed by atoms with Crippen LogP contribution in [0.5, 0.6) is 0 Å². The lowest BCUT2D eigenvalue weighted by molar-refractivity contribution is 0.155.